The number of carbonyl (C=O) groups is 1. The van der Waals surface area contributed by atoms with Crippen LogP contribution in [0.4, 0.5) is 0 Å². The molecule has 1 aromatic rings. The van der Waals surface area contributed by atoms with E-state index in [1.54, 1.807) is 14.2 Å². The van der Waals surface area contributed by atoms with Gasteiger partial charge in [-0.05, 0) is 31.9 Å². The zero-order valence-electron chi connectivity index (χ0n) is 17.3. The second kappa shape index (κ2) is 16.3. The summed E-state index contributed by atoms with van der Waals surface area (Å²) in [5.41, 5.74) is 0. The number of ether oxygens (including phenoxy) is 3. The van der Waals surface area contributed by atoms with E-state index in [4.69, 9.17) is 9.47 Å². The third-order valence-electron chi connectivity index (χ3n) is 3.99. The molecule has 0 saturated heterocycles. The Morgan fingerprint density at radius 3 is 2.50 bits per heavy atom. The van der Waals surface area contributed by atoms with Crippen LogP contribution in [0.25, 0.3) is 0 Å². The van der Waals surface area contributed by atoms with Crippen molar-refractivity contribution in [3.05, 3.63) is 24.3 Å². The molecule has 2 N–H and O–H groups in total. The van der Waals surface area contributed by atoms with E-state index in [0.717, 1.165) is 49.7 Å². The van der Waals surface area contributed by atoms with E-state index in [2.05, 4.69) is 20.4 Å². The van der Waals surface area contributed by atoms with Crippen molar-refractivity contribution in [1.82, 2.24) is 10.6 Å². The molecule has 0 spiro atoms. The van der Waals surface area contributed by atoms with E-state index < -0.39 is 0 Å². The Kier molecular flexibility index (Phi) is 15.3. The standard InChI is InChI=1S/C20H33N3O4.HI/c1-16(27-18-11-9-10-17(14-18)25-3)15-23-20(21-2)22-13-8-6-5-7-12-19(24)26-4;/h9-11,14,16H,5-8,12-13,15H2,1-4H3,(H2,21,22,23);1H. The lowest BCUT2D eigenvalue weighted by molar-refractivity contribution is -0.140. The maximum absolute atomic E-state index is 11.0. The molecule has 0 radical (unpaired) electrons. The van der Waals surface area contributed by atoms with Crippen LogP contribution < -0.4 is 20.1 Å². The third kappa shape index (κ3) is 11.9. The van der Waals surface area contributed by atoms with Gasteiger partial charge in [0.15, 0.2) is 5.96 Å². The second-order valence-corrected chi connectivity index (χ2v) is 6.23. The number of nitrogens with zero attached hydrogens (tertiary/aromatic N) is 1. The van der Waals surface area contributed by atoms with E-state index >= 15 is 0 Å². The lowest BCUT2D eigenvalue weighted by atomic mass is 10.1. The zero-order valence-corrected chi connectivity index (χ0v) is 19.7. The van der Waals surface area contributed by atoms with Crippen LogP contribution in [-0.4, -0.2) is 52.4 Å². The number of hydrogen-bond acceptors (Lipinski definition) is 5. The molecule has 1 unspecified atom stereocenters. The molecule has 0 aliphatic rings. The van der Waals surface area contributed by atoms with E-state index in [1.807, 2.05) is 31.2 Å². The summed E-state index contributed by atoms with van der Waals surface area (Å²) in [6.07, 6.45) is 4.47. The Morgan fingerprint density at radius 1 is 1.11 bits per heavy atom. The maximum Gasteiger partial charge on any atom is 0.305 e. The van der Waals surface area contributed by atoms with Crippen molar-refractivity contribution in [2.24, 2.45) is 4.99 Å². The first-order valence-corrected chi connectivity index (χ1v) is 9.41. The average Bonchev–Trinajstić information content (AvgIpc) is 2.69. The van der Waals surface area contributed by atoms with Crippen LogP contribution in [0.2, 0.25) is 0 Å². The highest BCUT2D eigenvalue weighted by atomic mass is 127. The van der Waals surface area contributed by atoms with Crippen LogP contribution in [0.1, 0.15) is 39.0 Å². The molecule has 7 nitrogen and oxygen atoms in total. The van der Waals surface area contributed by atoms with E-state index in [0.29, 0.717) is 13.0 Å². The monoisotopic (exact) mass is 507 g/mol. The van der Waals surface area contributed by atoms with Gasteiger partial charge >= 0.3 is 5.97 Å². The molecule has 0 saturated carbocycles. The summed E-state index contributed by atoms with van der Waals surface area (Å²) >= 11 is 0. The van der Waals surface area contributed by atoms with Gasteiger partial charge in [-0.2, -0.15) is 0 Å². The number of aliphatic imine (C=N–C) groups is 1. The number of guanidine groups is 1. The number of carbonyl (C=O) groups excluding carboxylic acids is 1. The first-order chi connectivity index (χ1) is 13.1. The highest BCUT2D eigenvalue weighted by molar-refractivity contribution is 14.0. The van der Waals surface area contributed by atoms with Gasteiger partial charge in [0.25, 0.3) is 0 Å². The number of esters is 1. The number of methoxy groups -OCH3 is 2. The molecule has 28 heavy (non-hydrogen) atoms. The van der Waals surface area contributed by atoms with Gasteiger partial charge in [-0.15, -0.1) is 24.0 Å². The fourth-order valence-electron chi connectivity index (χ4n) is 2.47. The Labute approximate surface area is 185 Å². The van der Waals surface area contributed by atoms with Crippen LogP contribution >= 0.6 is 24.0 Å². The molecule has 0 fully saturated rings. The van der Waals surface area contributed by atoms with E-state index in [-0.39, 0.29) is 36.0 Å². The number of rotatable bonds is 12. The first-order valence-electron chi connectivity index (χ1n) is 9.41. The highest BCUT2D eigenvalue weighted by Crippen LogP contribution is 2.19. The molecule has 0 amide bonds. The summed E-state index contributed by atoms with van der Waals surface area (Å²) in [5, 5.41) is 6.55. The fraction of sp³-hybridized carbons (Fsp3) is 0.600. The van der Waals surface area contributed by atoms with Crippen LogP contribution in [0.3, 0.4) is 0 Å². The summed E-state index contributed by atoms with van der Waals surface area (Å²) in [5.74, 6) is 2.17. The van der Waals surface area contributed by atoms with Gasteiger partial charge in [-0.25, -0.2) is 0 Å². The zero-order chi connectivity index (χ0) is 19.9. The minimum absolute atomic E-state index is 0. The molecule has 1 atom stereocenters. The third-order valence-corrected chi connectivity index (χ3v) is 3.99. The van der Waals surface area contributed by atoms with Crippen LogP contribution in [0, 0.1) is 0 Å². The normalized spacial score (nSPS) is 11.8. The summed E-state index contributed by atoms with van der Waals surface area (Å²) in [6, 6.07) is 7.56. The maximum atomic E-state index is 11.0. The molecule has 160 valence electrons. The van der Waals surface area contributed by atoms with Gasteiger partial charge in [0.2, 0.25) is 0 Å². The Balaban J connectivity index is 0.00000729. The smallest absolute Gasteiger partial charge is 0.305 e. The Hall–Kier alpha value is -1.71. The predicted molar refractivity (Wildman–Crippen MR) is 123 cm³/mol. The van der Waals surface area contributed by atoms with Crippen LogP contribution in [-0.2, 0) is 9.53 Å². The molecule has 1 rings (SSSR count). The number of halogens is 1. The summed E-state index contributed by atoms with van der Waals surface area (Å²) in [6.45, 7) is 3.47. The van der Waals surface area contributed by atoms with Crippen molar-refractivity contribution in [2.75, 3.05) is 34.4 Å². The molecular formula is C20H34IN3O4. The quantitative estimate of drug-likeness (QED) is 0.149. The van der Waals surface area contributed by atoms with Gasteiger partial charge in [-0.3, -0.25) is 9.79 Å². The average molecular weight is 507 g/mol. The van der Waals surface area contributed by atoms with Gasteiger partial charge in [0, 0.05) is 26.1 Å². The second-order valence-electron chi connectivity index (χ2n) is 6.23. The number of hydrogen-bond donors (Lipinski definition) is 2. The Bertz CT molecular complexity index is 584. The summed E-state index contributed by atoms with van der Waals surface area (Å²) in [4.78, 5) is 15.2. The minimum Gasteiger partial charge on any atom is -0.497 e. The molecule has 0 heterocycles. The van der Waals surface area contributed by atoms with Crippen molar-refractivity contribution >= 4 is 35.9 Å². The SMILES string of the molecule is CN=C(NCCCCCCC(=O)OC)NCC(C)Oc1cccc(OC)c1.I. The van der Waals surface area contributed by atoms with Crippen molar-refractivity contribution in [3.63, 3.8) is 0 Å². The number of benzene rings is 1. The van der Waals surface area contributed by atoms with E-state index in [1.165, 1.54) is 7.11 Å². The number of unbranched alkanes of at least 4 members (excludes halogenated alkanes) is 3. The molecule has 0 aliphatic heterocycles. The highest BCUT2D eigenvalue weighted by Gasteiger charge is 2.06. The fourth-order valence-corrected chi connectivity index (χ4v) is 2.47. The van der Waals surface area contributed by atoms with Crippen molar-refractivity contribution < 1.29 is 19.0 Å². The molecule has 8 heteroatoms. The van der Waals surface area contributed by atoms with Crippen LogP contribution in [0.15, 0.2) is 29.3 Å². The van der Waals surface area contributed by atoms with Crippen molar-refractivity contribution in [2.45, 2.75) is 45.1 Å². The molecule has 0 aromatic heterocycles. The topological polar surface area (TPSA) is 81.2 Å². The van der Waals surface area contributed by atoms with Crippen molar-refractivity contribution in [1.29, 1.82) is 0 Å². The minimum atomic E-state index is -0.136. The first kappa shape index (κ1) is 26.3. The van der Waals surface area contributed by atoms with Crippen LogP contribution in [0.5, 0.6) is 11.5 Å². The lowest BCUT2D eigenvalue weighted by Crippen LogP contribution is -2.42. The molecule has 0 aliphatic carbocycles. The molecule has 1 aromatic carbocycles. The number of nitrogens with one attached hydrogen (secondary N) is 2. The largest absolute Gasteiger partial charge is 0.497 e. The lowest BCUT2D eigenvalue weighted by Gasteiger charge is -2.18. The predicted octanol–water partition coefficient (Wildman–Crippen LogP) is 3.37. The summed E-state index contributed by atoms with van der Waals surface area (Å²) in [7, 11) is 4.81. The molecular weight excluding hydrogens is 473 g/mol. The van der Waals surface area contributed by atoms with Gasteiger partial charge in [0.1, 0.15) is 17.6 Å². The van der Waals surface area contributed by atoms with Crippen molar-refractivity contribution in [3.8, 4) is 11.5 Å². The van der Waals surface area contributed by atoms with E-state index in [9.17, 15) is 4.79 Å². The van der Waals surface area contributed by atoms with Gasteiger partial charge < -0.3 is 24.8 Å². The molecule has 0 bridgehead atoms. The Morgan fingerprint density at radius 2 is 1.82 bits per heavy atom. The van der Waals surface area contributed by atoms with Gasteiger partial charge in [-0.1, -0.05) is 18.9 Å². The summed E-state index contributed by atoms with van der Waals surface area (Å²) < 4.78 is 15.7. The van der Waals surface area contributed by atoms with Gasteiger partial charge in [0.05, 0.1) is 20.8 Å².